The van der Waals surface area contributed by atoms with Crippen LogP contribution in [0.1, 0.15) is 22.8 Å². The van der Waals surface area contributed by atoms with Gasteiger partial charge in [0.25, 0.3) is 5.91 Å². The second-order valence-corrected chi connectivity index (χ2v) is 4.24. The highest BCUT2D eigenvalue weighted by Crippen LogP contribution is 2.16. The van der Waals surface area contributed by atoms with Crippen LogP contribution in [0.3, 0.4) is 0 Å². The second-order valence-electron chi connectivity index (χ2n) is 3.84. The van der Waals surface area contributed by atoms with Gasteiger partial charge in [-0.05, 0) is 25.1 Å². The van der Waals surface area contributed by atoms with Crippen molar-refractivity contribution < 1.29 is 9.59 Å². The summed E-state index contributed by atoms with van der Waals surface area (Å²) in [5, 5.41) is 5.47. The summed E-state index contributed by atoms with van der Waals surface area (Å²) in [4.78, 5) is 23.1. The van der Waals surface area contributed by atoms with Gasteiger partial charge in [0.05, 0.1) is 18.1 Å². The van der Waals surface area contributed by atoms with Crippen molar-refractivity contribution in [2.45, 2.75) is 6.92 Å². The molecule has 0 heterocycles. The second kappa shape index (κ2) is 8.20. The third-order valence-corrected chi connectivity index (χ3v) is 2.65. The van der Waals surface area contributed by atoms with E-state index in [1.54, 1.807) is 19.1 Å². The van der Waals surface area contributed by atoms with Gasteiger partial charge in [-0.25, -0.2) is 0 Å². The van der Waals surface area contributed by atoms with Crippen LogP contribution in [0, 0.1) is 11.8 Å². The van der Waals surface area contributed by atoms with E-state index in [1.807, 2.05) is 0 Å². The van der Waals surface area contributed by atoms with Gasteiger partial charge in [0.1, 0.15) is 0 Å². The van der Waals surface area contributed by atoms with E-state index < -0.39 is 0 Å². The fourth-order valence-corrected chi connectivity index (χ4v) is 1.65. The Morgan fingerprint density at radius 1 is 1.35 bits per heavy atom. The molecule has 0 fully saturated rings. The van der Waals surface area contributed by atoms with Crippen molar-refractivity contribution in [2.24, 2.45) is 5.73 Å². The van der Waals surface area contributed by atoms with Gasteiger partial charge < -0.3 is 16.4 Å². The molecule has 106 valence electrons. The van der Waals surface area contributed by atoms with Crippen LogP contribution in [0.2, 0.25) is 5.02 Å². The monoisotopic (exact) mass is 293 g/mol. The zero-order valence-corrected chi connectivity index (χ0v) is 11.9. The molecule has 1 aromatic rings. The van der Waals surface area contributed by atoms with Crippen LogP contribution in [0.25, 0.3) is 0 Å². The molecule has 1 aromatic carbocycles. The molecule has 5 nitrogen and oxygen atoms in total. The molecule has 0 unspecified atom stereocenters. The average molecular weight is 294 g/mol. The molecule has 20 heavy (non-hydrogen) atoms. The van der Waals surface area contributed by atoms with E-state index in [0.29, 0.717) is 22.7 Å². The molecule has 0 atom stereocenters. The molecule has 0 radical (unpaired) electrons. The van der Waals surface area contributed by atoms with E-state index in [4.69, 9.17) is 17.3 Å². The summed E-state index contributed by atoms with van der Waals surface area (Å²) < 4.78 is 0. The van der Waals surface area contributed by atoms with E-state index in [0.717, 1.165) is 0 Å². The van der Waals surface area contributed by atoms with E-state index in [1.165, 1.54) is 6.07 Å². The van der Waals surface area contributed by atoms with Gasteiger partial charge >= 0.3 is 0 Å². The van der Waals surface area contributed by atoms with E-state index in [2.05, 4.69) is 22.5 Å². The highest BCUT2D eigenvalue weighted by molar-refractivity contribution is 6.32. The highest BCUT2D eigenvalue weighted by Gasteiger charge is 2.09. The molecule has 0 spiro atoms. The minimum Gasteiger partial charge on any atom is -0.355 e. The van der Waals surface area contributed by atoms with Crippen LogP contribution in [0.4, 0.5) is 0 Å². The normalized spacial score (nSPS) is 9.35. The Hall–Kier alpha value is -2.03. The predicted molar refractivity (Wildman–Crippen MR) is 78.4 cm³/mol. The number of carbonyl (C=O) groups is 2. The number of amides is 2. The first-order valence-corrected chi connectivity index (χ1v) is 6.49. The highest BCUT2D eigenvalue weighted by atomic mass is 35.5. The van der Waals surface area contributed by atoms with E-state index in [9.17, 15) is 9.59 Å². The number of halogens is 1. The molecule has 2 amide bonds. The van der Waals surface area contributed by atoms with Gasteiger partial charge in [-0.1, -0.05) is 23.4 Å². The van der Waals surface area contributed by atoms with Gasteiger partial charge in [-0.2, -0.15) is 0 Å². The average Bonchev–Trinajstić information content (AvgIpc) is 2.43. The molecule has 0 aliphatic rings. The molecule has 1 rings (SSSR count). The number of benzene rings is 1. The third-order valence-electron chi connectivity index (χ3n) is 2.34. The first-order valence-electron chi connectivity index (χ1n) is 6.11. The van der Waals surface area contributed by atoms with Gasteiger partial charge in [-0.15, -0.1) is 0 Å². The molecule has 0 saturated heterocycles. The maximum Gasteiger partial charge on any atom is 0.251 e. The molecular weight excluding hydrogens is 278 g/mol. The van der Waals surface area contributed by atoms with E-state index >= 15 is 0 Å². The largest absolute Gasteiger partial charge is 0.355 e. The zero-order chi connectivity index (χ0) is 15.0. The standard InChI is InChI=1S/C14H16ClN3O2/c1-2-17-13(19)9-18-14(20)11-6-5-10(4-3-7-16)12(15)8-11/h5-6,8H,2,7,9,16H2,1H3,(H,17,19)(H,18,20). The summed E-state index contributed by atoms with van der Waals surface area (Å²) in [6, 6.07) is 4.75. The first kappa shape index (κ1) is 16.0. The van der Waals surface area contributed by atoms with Crippen molar-refractivity contribution in [1.29, 1.82) is 0 Å². The molecule has 0 aromatic heterocycles. The Kier molecular flexibility index (Phi) is 6.57. The lowest BCUT2D eigenvalue weighted by Gasteiger charge is -2.06. The summed E-state index contributed by atoms with van der Waals surface area (Å²) in [5.74, 6) is 4.89. The number of nitrogens with one attached hydrogen (secondary N) is 2. The van der Waals surface area contributed by atoms with Gasteiger partial charge in [-0.3, -0.25) is 9.59 Å². The fourth-order valence-electron chi connectivity index (χ4n) is 1.43. The topological polar surface area (TPSA) is 84.2 Å². The van der Waals surface area contributed by atoms with Crippen LogP contribution in [0.5, 0.6) is 0 Å². The van der Waals surface area contributed by atoms with Crippen molar-refractivity contribution in [3.05, 3.63) is 34.3 Å². The van der Waals surface area contributed by atoms with Crippen molar-refractivity contribution in [3.8, 4) is 11.8 Å². The van der Waals surface area contributed by atoms with Gasteiger partial charge in [0, 0.05) is 17.7 Å². The molecule has 0 aliphatic carbocycles. The summed E-state index contributed by atoms with van der Waals surface area (Å²) >= 11 is 6.02. The molecule has 6 heteroatoms. The lowest BCUT2D eigenvalue weighted by molar-refractivity contribution is -0.120. The summed E-state index contributed by atoms with van der Waals surface area (Å²) in [6.45, 7) is 2.50. The minimum atomic E-state index is -0.364. The zero-order valence-electron chi connectivity index (χ0n) is 11.1. The third kappa shape index (κ3) is 4.92. The van der Waals surface area contributed by atoms with Crippen LogP contribution in [0.15, 0.2) is 18.2 Å². The van der Waals surface area contributed by atoms with Crippen LogP contribution < -0.4 is 16.4 Å². The molecule has 0 saturated carbocycles. The number of likely N-dealkylation sites (N-methyl/N-ethyl adjacent to an activating group) is 1. The van der Waals surface area contributed by atoms with Crippen molar-refractivity contribution in [3.63, 3.8) is 0 Å². The van der Waals surface area contributed by atoms with Crippen molar-refractivity contribution in [2.75, 3.05) is 19.6 Å². The Balaban J connectivity index is 2.70. The first-order chi connectivity index (χ1) is 9.58. The minimum absolute atomic E-state index is 0.0704. The summed E-state index contributed by atoms with van der Waals surface area (Å²) in [5.41, 5.74) is 6.26. The summed E-state index contributed by atoms with van der Waals surface area (Å²) in [6.07, 6.45) is 0. The van der Waals surface area contributed by atoms with Crippen LogP contribution >= 0.6 is 11.6 Å². The smallest absolute Gasteiger partial charge is 0.251 e. The maximum atomic E-state index is 11.8. The predicted octanol–water partition coefficient (Wildman–Crippen LogP) is 0.516. The Morgan fingerprint density at radius 3 is 2.70 bits per heavy atom. The Labute approximate surface area is 122 Å². The number of carbonyl (C=O) groups excluding carboxylic acids is 2. The lowest BCUT2D eigenvalue weighted by atomic mass is 10.1. The molecular formula is C14H16ClN3O2. The molecule has 0 bridgehead atoms. The van der Waals surface area contributed by atoms with Gasteiger partial charge in [0.2, 0.25) is 5.91 Å². The Morgan fingerprint density at radius 2 is 2.10 bits per heavy atom. The quantitative estimate of drug-likeness (QED) is 0.708. The number of hydrogen-bond donors (Lipinski definition) is 3. The van der Waals surface area contributed by atoms with E-state index in [-0.39, 0.29) is 24.9 Å². The fraction of sp³-hybridized carbons (Fsp3) is 0.286. The van der Waals surface area contributed by atoms with Crippen molar-refractivity contribution in [1.82, 2.24) is 10.6 Å². The number of nitrogens with two attached hydrogens (primary N) is 1. The molecule has 4 N–H and O–H groups in total. The van der Waals surface area contributed by atoms with Crippen molar-refractivity contribution >= 4 is 23.4 Å². The SMILES string of the molecule is CCNC(=O)CNC(=O)c1ccc(C#CCN)c(Cl)c1. The van der Waals surface area contributed by atoms with Crippen LogP contribution in [-0.4, -0.2) is 31.4 Å². The summed E-state index contributed by atoms with van der Waals surface area (Å²) in [7, 11) is 0. The Bertz CT molecular complexity index is 561. The molecule has 0 aliphatic heterocycles. The van der Waals surface area contributed by atoms with Crippen LogP contribution in [-0.2, 0) is 4.79 Å². The number of hydrogen-bond acceptors (Lipinski definition) is 3. The maximum absolute atomic E-state index is 11.8. The lowest BCUT2D eigenvalue weighted by Crippen LogP contribution is -2.36. The van der Waals surface area contributed by atoms with Gasteiger partial charge in [0.15, 0.2) is 0 Å². The number of rotatable bonds is 4.